The summed E-state index contributed by atoms with van der Waals surface area (Å²) in [6.45, 7) is 1.60. The highest BCUT2D eigenvalue weighted by atomic mass is 79.9. The summed E-state index contributed by atoms with van der Waals surface area (Å²) in [4.78, 5) is 14.3. The number of anilines is 2. The minimum atomic E-state index is -0.524. The zero-order valence-electron chi connectivity index (χ0n) is 10.2. The second-order valence-electron chi connectivity index (χ2n) is 3.94. The largest absolute Gasteiger partial charge is 0.339 e. The van der Waals surface area contributed by atoms with Crippen LogP contribution in [0.4, 0.5) is 21.6 Å². The first-order chi connectivity index (χ1) is 9.40. The van der Waals surface area contributed by atoms with E-state index in [1.54, 1.807) is 6.92 Å². The van der Waals surface area contributed by atoms with E-state index in [0.29, 0.717) is 21.5 Å². The highest BCUT2D eigenvalue weighted by Crippen LogP contribution is 2.32. The third kappa shape index (κ3) is 2.88. The average molecular weight is 361 g/mol. The highest BCUT2D eigenvalue weighted by Gasteiger charge is 2.17. The Morgan fingerprint density at radius 3 is 2.80 bits per heavy atom. The Morgan fingerprint density at radius 2 is 2.20 bits per heavy atom. The van der Waals surface area contributed by atoms with E-state index in [0.717, 1.165) is 6.20 Å². The summed E-state index contributed by atoms with van der Waals surface area (Å²) in [5.41, 5.74) is 0.887. The summed E-state index contributed by atoms with van der Waals surface area (Å²) < 4.78 is 13.5. The van der Waals surface area contributed by atoms with E-state index in [-0.39, 0.29) is 10.7 Å². The monoisotopic (exact) mass is 359 g/mol. The zero-order chi connectivity index (χ0) is 14.9. The van der Waals surface area contributed by atoms with Gasteiger partial charge in [0.05, 0.1) is 14.4 Å². The lowest BCUT2D eigenvalue weighted by Gasteiger charge is -2.10. The van der Waals surface area contributed by atoms with E-state index in [1.165, 1.54) is 18.2 Å². The molecule has 2 rings (SSSR count). The molecule has 0 aliphatic carbocycles. The van der Waals surface area contributed by atoms with Crippen LogP contribution in [-0.2, 0) is 0 Å². The van der Waals surface area contributed by atoms with Crippen LogP contribution < -0.4 is 5.32 Å². The summed E-state index contributed by atoms with van der Waals surface area (Å²) in [5.74, 6) is -0.139. The second kappa shape index (κ2) is 5.72. The van der Waals surface area contributed by atoms with Crippen LogP contribution >= 0.6 is 27.5 Å². The van der Waals surface area contributed by atoms with Crippen molar-refractivity contribution < 1.29 is 9.31 Å². The topological polar surface area (TPSA) is 68.1 Å². The van der Waals surface area contributed by atoms with Gasteiger partial charge in [-0.05, 0) is 41.1 Å². The quantitative estimate of drug-likeness (QED) is 0.642. The SMILES string of the molecule is Cc1c([N+](=O)[O-])cnc(Nc2ccc(F)c(Cl)c2)c1Br. The van der Waals surface area contributed by atoms with Gasteiger partial charge >= 0.3 is 0 Å². The molecule has 1 N–H and O–H groups in total. The van der Waals surface area contributed by atoms with Crippen molar-refractivity contribution in [1.82, 2.24) is 4.98 Å². The van der Waals surface area contributed by atoms with Crippen molar-refractivity contribution in [2.24, 2.45) is 0 Å². The molecule has 1 aromatic carbocycles. The van der Waals surface area contributed by atoms with Crippen molar-refractivity contribution in [2.75, 3.05) is 5.32 Å². The van der Waals surface area contributed by atoms with E-state index >= 15 is 0 Å². The molecule has 20 heavy (non-hydrogen) atoms. The summed E-state index contributed by atoms with van der Waals surface area (Å²) in [6.07, 6.45) is 1.16. The van der Waals surface area contributed by atoms with Gasteiger partial charge in [-0.3, -0.25) is 10.1 Å². The lowest BCUT2D eigenvalue weighted by molar-refractivity contribution is -0.385. The summed E-state index contributed by atoms with van der Waals surface area (Å²) >= 11 is 8.93. The lowest BCUT2D eigenvalue weighted by atomic mass is 10.2. The summed E-state index contributed by atoms with van der Waals surface area (Å²) in [6, 6.07) is 4.12. The Hall–Kier alpha value is -1.73. The number of nitrogens with one attached hydrogen (secondary N) is 1. The molecule has 0 bridgehead atoms. The molecule has 0 aliphatic rings. The lowest BCUT2D eigenvalue weighted by Crippen LogP contribution is -2.00. The van der Waals surface area contributed by atoms with Crippen LogP contribution in [0.1, 0.15) is 5.56 Å². The van der Waals surface area contributed by atoms with E-state index in [9.17, 15) is 14.5 Å². The van der Waals surface area contributed by atoms with Gasteiger partial charge in [0.25, 0.3) is 5.69 Å². The number of nitro groups is 1. The molecule has 5 nitrogen and oxygen atoms in total. The number of nitrogens with zero attached hydrogens (tertiary/aromatic N) is 2. The van der Waals surface area contributed by atoms with Crippen molar-refractivity contribution in [1.29, 1.82) is 0 Å². The van der Waals surface area contributed by atoms with Crippen molar-refractivity contribution in [2.45, 2.75) is 6.92 Å². The molecule has 0 saturated heterocycles. The molecule has 0 spiro atoms. The Balaban J connectivity index is 2.37. The van der Waals surface area contributed by atoms with Gasteiger partial charge in [0.1, 0.15) is 17.8 Å². The number of benzene rings is 1. The van der Waals surface area contributed by atoms with E-state index in [4.69, 9.17) is 11.6 Å². The fourth-order valence-corrected chi connectivity index (χ4v) is 2.14. The molecular weight excluding hydrogens is 353 g/mol. The van der Waals surface area contributed by atoms with Gasteiger partial charge in [-0.15, -0.1) is 0 Å². The van der Waals surface area contributed by atoms with Gasteiger partial charge in [-0.1, -0.05) is 11.6 Å². The molecule has 2 aromatic rings. The second-order valence-corrected chi connectivity index (χ2v) is 5.14. The predicted octanol–water partition coefficient (Wildman–Crippen LogP) is 4.60. The van der Waals surface area contributed by atoms with Gasteiger partial charge in [-0.25, -0.2) is 9.37 Å². The van der Waals surface area contributed by atoms with Crippen LogP contribution in [0, 0.1) is 22.9 Å². The third-order valence-electron chi connectivity index (χ3n) is 2.62. The van der Waals surface area contributed by atoms with Crippen LogP contribution in [0.3, 0.4) is 0 Å². The maximum atomic E-state index is 13.1. The van der Waals surface area contributed by atoms with Crippen LogP contribution in [0.5, 0.6) is 0 Å². The maximum Gasteiger partial charge on any atom is 0.291 e. The van der Waals surface area contributed by atoms with Crippen LogP contribution in [0.15, 0.2) is 28.9 Å². The standard InChI is InChI=1S/C12H8BrClFN3O2/c1-6-10(18(19)20)5-16-12(11(6)13)17-7-2-3-9(15)8(14)4-7/h2-5H,1H3,(H,16,17). The first-order valence-electron chi connectivity index (χ1n) is 5.41. The van der Waals surface area contributed by atoms with Gasteiger partial charge in [0.2, 0.25) is 0 Å². The van der Waals surface area contributed by atoms with Crippen LogP contribution in [0.25, 0.3) is 0 Å². The summed E-state index contributed by atoms with van der Waals surface area (Å²) in [7, 11) is 0. The molecule has 0 aliphatic heterocycles. The van der Waals surface area contributed by atoms with Crippen molar-refractivity contribution in [3.63, 3.8) is 0 Å². The average Bonchev–Trinajstić information content (AvgIpc) is 2.39. The molecule has 0 atom stereocenters. The number of hydrogen-bond donors (Lipinski definition) is 1. The number of aromatic nitrogens is 1. The normalized spacial score (nSPS) is 10.4. The van der Waals surface area contributed by atoms with Crippen LogP contribution in [0.2, 0.25) is 5.02 Å². The zero-order valence-corrected chi connectivity index (χ0v) is 12.5. The van der Waals surface area contributed by atoms with Crippen molar-refractivity contribution >= 4 is 44.7 Å². The Bertz CT molecular complexity index is 697. The molecule has 1 heterocycles. The number of pyridine rings is 1. The highest BCUT2D eigenvalue weighted by molar-refractivity contribution is 9.10. The summed E-state index contributed by atoms with van der Waals surface area (Å²) in [5, 5.41) is 13.7. The molecular formula is C12H8BrClFN3O2. The first kappa shape index (κ1) is 14.7. The fourth-order valence-electron chi connectivity index (χ4n) is 1.55. The number of hydrogen-bond acceptors (Lipinski definition) is 4. The van der Waals surface area contributed by atoms with E-state index < -0.39 is 10.7 Å². The molecule has 0 radical (unpaired) electrons. The minimum Gasteiger partial charge on any atom is -0.339 e. The molecule has 0 fully saturated rings. The smallest absolute Gasteiger partial charge is 0.291 e. The van der Waals surface area contributed by atoms with Crippen molar-refractivity contribution in [3.05, 3.63) is 55.4 Å². The minimum absolute atomic E-state index is 0.0234. The predicted molar refractivity (Wildman–Crippen MR) is 78.0 cm³/mol. The van der Waals surface area contributed by atoms with E-state index in [1.807, 2.05) is 0 Å². The molecule has 0 saturated carbocycles. The molecule has 0 amide bonds. The Kier molecular flexibility index (Phi) is 4.20. The number of halogens is 3. The maximum absolute atomic E-state index is 13.1. The van der Waals surface area contributed by atoms with Gasteiger partial charge in [0, 0.05) is 11.3 Å². The Labute approximate surface area is 127 Å². The van der Waals surface area contributed by atoms with Crippen molar-refractivity contribution in [3.8, 4) is 0 Å². The molecule has 8 heteroatoms. The third-order valence-corrected chi connectivity index (χ3v) is 3.88. The van der Waals surface area contributed by atoms with Gasteiger partial charge in [0.15, 0.2) is 0 Å². The van der Waals surface area contributed by atoms with Gasteiger partial charge < -0.3 is 5.32 Å². The Morgan fingerprint density at radius 1 is 1.50 bits per heavy atom. The molecule has 1 aromatic heterocycles. The van der Waals surface area contributed by atoms with E-state index in [2.05, 4.69) is 26.2 Å². The molecule has 0 unspecified atom stereocenters. The van der Waals surface area contributed by atoms with Crippen LogP contribution in [-0.4, -0.2) is 9.91 Å². The molecule has 104 valence electrons. The first-order valence-corrected chi connectivity index (χ1v) is 6.59. The fraction of sp³-hybridized carbons (Fsp3) is 0.0833. The van der Waals surface area contributed by atoms with Gasteiger partial charge in [-0.2, -0.15) is 0 Å². The number of rotatable bonds is 3.